The van der Waals surface area contributed by atoms with E-state index in [0.29, 0.717) is 18.7 Å². The molecule has 1 saturated carbocycles. The van der Waals surface area contributed by atoms with Gasteiger partial charge in [0.15, 0.2) is 9.84 Å². The summed E-state index contributed by atoms with van der Waals surface area (Å²) in [7, 11) is -2.60. The molecule has 2 heterocycles. The number of halogens is 2. The second-order valence-electron chi connectivity index (χ2n) is 6.97. The van der Waals surface area contributed by atoms with Crippen LogP contribution in [0.5, 0.6) is 0 Å². The minimum absolute atomic E-state index is 0.212. The summed E-state index contributed by atoms with van der Waals surface area (Å²) in [5, 5.41) is 0.264. The van der Waals surface area contributed by atoms with Crippen molar-refractivity contribution in [1.29, 1.82) is 0 Å². The Labute approximate surface area is 157 Å². The molecule has 0 spiro atoms. The third kappa shape index (κ3) is 2.89. The fourth-order valence-corrected chi connectivity index (χ4v) is 5.77. The van der Waals surface area contributed by atoms with Crippen molar-refractivity contribution in [3.05, 3.63) is 34.3 Å². The number of rotatable bonds is 5. The first kappa shape index (κ1) is 18.2. The van der Waals surface area contributed by atoms with Gasteiger partial charge in [0, 0.05) is 30.1 Å². The minimum atomic E-state index is -4.06. The van der Waals surface area contributed by atoms with Gasteiger partial charge in [-0.05, 0) is 25.8 Å². The molecule has 4 rings (SSSR count). The Morgan fingerprint density at radius 1 is 1.30 bits per heavy atom. The number of hydrogen-bond acceptors (Lipinski definition) is 6. The molecule has 0 N–H and O–H groups in total. The molecule has 2 aromatic heterocycles. The van der Waals surface area contributed by atoms with Crippen molar-refractivity contribution in [3.8, 4) is 5.13 Å². The second kappa shape index (κ2) is 5.93. The summed E-state index contributed by atoms with van der Waals surface area (Å²) < 4.78 is 59.7. The maximum absolute atomic E-state index is 14.6. The highest BCUT2D eigenvalue weighted by Gasteiger charge is 2.47. The van der Waals surface area contributed by atoms with Crippen LogP contribution in [0.1, 0.15) is 18.7 Å². The van der Waals surface area contributed by atoms with Crippen LogP contribution in [0.25, 0.3) is 16.2 Å². The average molecular weight is 414 g/mol. The van der Waals surface area contributed by atoms with Crippen molar-refractivity contribution in [3.63, 3.8) is 0 Å². The van der Waals surface area contributed by atoms with E-state index in [0.717, 1.165) is 23.7 Å². The third-order valence-electron chi connectivity index (χ3n) is 4.89. The number of aryl methyl sites for hydroxylation is 2. The van der Waals surface area contributed by atoms with Crippen molar-refractivity contribution in [1.82, 2.24) is 18.5 Å². The molecule has 3 aromatic rings. The minimum Gasteiger partial charge on any atom is -0.295 e. The SMILES string of the molecule is Cc1nsc(-n2c(=O)n(C)c3cc(F)c(S(=O)(=O)CC4(CF)CC4)cc32)n1. The van der Waals surface area contributed by atoms with Gasteiger partial charge in [-0.3, -0.25) is 8.96 Å². The van der Waals surface area contributed by atoms with E-state index in [-0.39, 0.29) is 16.2 Å². The van der Waals surface area contributed by atoms with Gasteiger partial charge in [0.05, 0.1) is 23.5 Å². The normalized spacial score (nSPS) is 16.1. The lowest BCUT2D eigenvalue weighted by Gasteiger charge is -2.12. The Balaban J connectivity index is 1.94. The Morgan fingerprint density at radius 2 is 2.00 bits per heavy atom. The van der Waals surface area contributed by atoms with Crippen LogP contribution in [-0.2, 0) is 16.9 Å². The van der Waals surface area contributed by atoms with E-state index in [1.54, 1.807) is 6.92 Å². The van der Waals surface area contributed by atoms with Crippen LogP contribution < -0.4 is 5.69 Å². The van der Waals surface area contributed by atoms with E-state index in [1.807, 2.05) is 0 Å². The molecule has 0 atom stereocenters. The van der Waals surface area contributed by atoms with Gasteiger partial charge in [0.2, 0.25) is 5.13 Å². The number of hydrogen-bond donors (Lipinski definition) is 0. The number of nitrogens with zero attached hydrogens (tertiary/aromatic N) is 4. The fraction of sp³-hybridized carbons (Fsp3) is 0.438. The van der Waals surface area contributed by atoms with Crippen LogP contribution in [0.4, 0.5) is 8.78 Å². The maximum atomic E-state index is 14.6. The van der Waals surface area contributed by atoms with Gasteiger partial charge in [-0.2, -0.15) is 4.37 Å². The third-order valence-corrected chi connectivity index (χ3v) is 7.66. The summed E-state index contributed by atoms with van der Waals surface area (Å²) in [5.41, 5.74) is -0.954. The van der Waals surface area contributed by atoms with Crippen LogP contribution >= 0.6 is 11.5 Å². The summed E-state index contributed by atoms with van der Waals surface area (Å²) in [6.07, 6.45) is 0.930. The highest BCUT2D eigenvalue weighted by atomic mass is 32.2. The summed E-state index contributed by atoms with van der Waals surface area (Å²) in [6.45, 7) is 0.911. The summed E-state index contributed by atoms with van der Waals surface area (Å²) in [5.74, 6) is -0.945. The first-order valence-electron chi connectivity index (χ1n) is 8.18. The van der Waals surface area contributed by atoms with Gasteiger partial charge in [-0.1, -0.05) is 0 Å². The molecule has 7 nitrogen and oxygen atoms in total. The maximum Gasteiger partial charge on any atom is 0.335 e. The molecule has 0 amide bonds. The van der Waals surface area contributed by atoms with Crippen LogP contribution in [0, 0.1) is 18.2 Å². The van der Waals surface area contributed by atoms with Gasteiger partial charge < -0.3 is 0 Å². The zero-order chi connectivity index (χ0) is 19.6. The highest BCUT2D eigenvalue weighted by Crippen LogP contribution is 2.48. The van der Waals surface area contributed by atoms with E-state index in [2.05, 4.69) is 9.36 Å². The molecular formula is C16H16F2N4O3S2. The smallest absolute Gasteiger partial charge is 0.295 e. The lowest BCUT2D eigenvalue weighted by atomic mass is 10.2. The molecule has 0 aliphatic heterocycles. The van der Waals surface area contributed by atoms with Crippen molar-refractivity contribution >= 4 is 32.4 Å². The first-order valence-corrected chi connectivity index (χ1v) is 10.6. The van der Waals surface area contributed by atoms with Gasteiger partial charge >= 0.3 is 5.69 Å². The van der Waals surface area contributed by atoms with E-state index in [9.17, 15) is 22.0 Å². The van der Waals surface area contributed by atoms with Crippen LogP contribution in [-0.4, -0.2) is 39.3 Å². The molecule has 1 aliphatic rings. The summed E-state index contributed by atoms with van der Waals surface area (Å²) >= 11 is 0.982. The molecule has 0 saturated heterocycles. The monoisotopic (exact) mass is 414 g/mol. The number of benzene rings is 1. The van der Waals surface area contributed by atoms with E-state index in [1.165, 1.54) is 16.2 Å². The number of imidazole rings is 1. The van der Waals surface area contributed by atoms with E-state index in [4.69, 9.17) is 0 Å². The molecule has 1 aromatic carbocycles. The first-order chi connectivity index (χ1) is 12.7. The highest BCUT2D eigenvalue weighted by molar-refractivity contribution is 7.91. The second-order valence-corrected chi connectivity index (χ2v) is 9.65. The summed E-state index contributed by atoms with van der Waals surface area (Å²) in [6, 6.07) is 2.15. The molecule has 1 fully saturated rings. The Bertz CT molecular complexity index is 1220. The molecule has 144 valence electrons. The average Bonchev–Trinajstić information content (AvgIpc) is 3.17. The van der Waals surface area contributed by atoms with Crippen LogP contribution in [0.2, 0.25) is 0 Å². The zero-order valence-electron chi connectivity index (χ0n) is 14.6. The van der Waals surface area contributed by atoms with Gasteiger partial charge in [-0.25, -0.2) is 27.2 Å². The molecule has 27 heavy (non-hydrogen) atoms. The van der Waals surface area contributed by atoms with Crippen molar-refractivity contribution in [2.45, 2.75) is 24.7 Å². The van der Waals surface area contributed by atoms with Crippen molar-refractivity contribution < 1.29 is 17.2 Å². The molecule has 1 aliphatic carbocycles. The van der Waals surface area contributed by atoms with E-state index >= 15 is 0 Å². The molecular weight excluding hydrogens is 398 g/mol. The largest absolute Gasteiger partial charge is 0.335 e. The summed E-state index contributed by atoms with van der Waals surface area (Å²) in [4.78, 5) is 16.2. The number of alkyl halides is 1. The number of aromatic nitrogens is 4. The lowest BCUT2D eigenvalue weighted by Crippen LogP contribution is -2.21. The Hall–Kier alpha value is -2.14. The number of sulfone groups is 1. The quantitative estimate of drug-likeness (QED) is 0.639. The van der Waals surface area contributed by atoms with Crippen LogP contribution in [0.3, 0.4) is 0 Å². The Morgan fingerprint density at radius 3 is 2.56 bits per heavy atom. The predicted molar refractivity (Wildman–Crippen MR) is 96.4 cm³/mol. The van der Waals surface area contributed by atoms with Crippen molar-refractivity contribution in [2.24, 2.45) is 12.5 Å². The standard InChI is InChI=1S/C16H16F2N4O3S2/c1-9-19-14(26-20-9)22-12-6-13(10(18)5-11(12)21(2)15(22)23)27(24,25)8-16(7-17)3-4-16/h5-6H,3-4,7-8H2,1-2H3. The van der Waals surface area contributed by atoms with Gasteiger partial charge in [0.25, 0.3) is 0 Å². The molecule has 0 radical (unpaired) electrons. The van der Waals surface area contributed by atoms with Gasteiger partial charge in [-0.15, -0.1) is 0 Å². The molecule has 0 bridgehead atoms. The Kier molecular flexibility index (Phi) is 4.00. The van der Waals surface area contributed by atoms with Gasteiger partial charge in [0.1, 0.15) is 16.5 Å². The van der Waals surface area contributed by atoms with E-state index < -0.39 is 44.1 Å². The topological polar surface area (TPSA) is 86.9 Å². The number of fused-ring (bicyclic) bond motifs is 1. The van der Waals surface area contributed by atoms with Crippen LogP contribution in [0.15, 0.2) is 21.8 Å². The lowest BCUT2D eigenvalue weighted by molar-refractivity contribution is 0.366. The predicted octanol–water partition coefficient (Wildman–Crippen LogP) is 2.15. The molecule has 0 unspecified atom stereocenters. The zero-order valence-corrected chi connectivity index (χ0v) is 16.2. The van der Waals surface area contributed by atoms with Crippen molar-refractivity contribution in [2.75, 3.05) is 12.4 Å². The fourth-order valence-electron chi connectivity index (χ4n) is 3.11. The molecule has 11 heteroatoms.